The van der Waals surface area contributed by atoms with E-state index < -0.39 is 0 Å². The summed E-state index contributed by atoms with van der Waals surface area (Å²) in [4.78, 5) is 30.3. The quantitative estimate of drug-likeness (QED) is 0.296. The first-order valence-electron chi connectivity index (χ1n) is 15.0. The number of carbonyl (C=O) groups is 2. The van der Waals surface area contributed by atoms with E-state index in [1.54, 1.807) is 33.5 Å². The summed E-state index contributed by atoms with van der Waals surface area (Å²) in [6, 6.07) is 6.31. The molecule has 1 aromatic carbocycles. The molecular weight excluding hydrogens is 510 g/mol. The summed E-state index contributed by atoms with van der Waals surface area (Å²) < 4.78 is 21.5. The number of carbonyl (C=O) groups excluding carboxylic acids is 2. The maximum atomic E-state index is 13.7. The average molecular weight is 564 g/mol. The van der Waals surface area contributed by atoms with Gasteiger partial charge in [0.1, 0.15) is 0 Å². The zero-order valence-corrected chi connectivity index (χ0v) is 25.9. The molecular formula is C31H53N3O6. The molecule has 1 aromatic rings. The van der Waals surface area contributed by atoms with Crippen LogP contribution in [0.15, 0.2) is 18.2 Å². The molecule has 2 aliphatic rings. The molecule has 0 radical (unpaired) electrons. The minimum Gasteiger partial charge on any atom is -0.493 e. The van der Waals surface area contributed by atoms with Crippen LogP contribution in [0.5, 0.6) is 11.5 Å². The largest absolute Gasteiger partial charge is 0.493 e. The van der Waals surface area contributed by atoms with E-state index in [1.807, 2.05) is 24.8 Å². The highest BCUT2D eigenvalue weighted by atomic mass is 16.5. The lowest BCUT2D eigenvalue weighted by Crippen LogP contribution is -2.54. The van der Waals surface area contributed by atoms with Gasteiger partial charge in [0, 0.05) is 70.1 Å². The first kappa shape index (κ1) is 33.8. The first-order valence-corrected chi connectivity index (χ1v) is 15.0. The van der Waals surface area contributed by atoms with Crippen LogP contribution in [-0.4, -0.2) is 100 Å². The second-order valence-corrected chi connectivity index (χ2v) is 10.6. The molecule has 0 spiro atoms. The second-order valence-electron chi connectivity index (χ2n) is 10.6. The Bertz CT molecular complexity index is 884. The Balaban J connectivity index is 0.00000274. The number of amides is 2. The number of hydrogen-bond donors (Lipinski definition) is 1. The lowest BCUT2D eigenvalue weighted by molar-refractivity contribution is -0.132. The third-order valence-corrected chi connectivity index (χ3v) is 7.38. The Hall–Kier alpha value is -2.36. The van der Waals surface area contributed by atoms with Crippen molar-refractivity contribution >= 4 is 11.8 Å². The highest BCUT2D eigenvalue weighted by Gasteiger charge is 2.34. The maximum Gasteiger partial charge on any atom is 0.254 e. The smallest absolute Gasteiger partial charge is 0.254 e. The fraction of sp³-hybridized carbons (Fsp3) is 0.742. The minimum absolute atomic E-state index is 0.00158. The van der Waals surface area contributed by atoms with Crippen molar-refractivity contribution in [3.63, 3.8) is 0 Å². The molecule has 0 aromatic heterocycles. The van der Waals surface area contributed by atoms with Crippen LogP contribution in [0, 0.1) is 0 Å². The van der Waals surface area contributed by atoms with Crippen molar-refractivity contribution in [2.45, 2.75) is 96.8 Å². The maximum absolute atomic E-state index is 13.7. The van der Waals surface area contributed by atoms with Gasteiger partial charge in [0.05, 0.1) is 26.7 Å². The molecule has 9 nitrogen and oxygen atoms in total. The number of hydrogen-bond acceptors (Lipinski definition) is 7. The van der Waals surface area contributed by atoms with Crippen LogP contribution in [0.2, 0.25) is 0 Å². The third-order valence-electron chi connectivity index (χ3n) is 7.38. The van der Waals surface area contributed by atoms with Crippen LogP contribution in [0.3, 0.4) is 0 Å². The number of rotatable bonds is 16. The van der Waals surface area contributed by atoms with Crippen molar-refractivity contribution in [2.24, 2.45) is 0 Å². The van der Waals surface area contributed by atoms with E-state index in [2.05, 4.69) is 24.1 Å². The molecule has 1 heterocycles. The van der Waals surface area contributed by atoms with Crippen molar-refractivity contribution in [1.29, 1.82) is 0 Å². The minimum atomic E-state index is -0.00158. The molecule has 9 heteroatoms. The van der Waals surface area contributed by atoms with Crippen molar-refractivity contribution in [3.8, 4) is 11.5 Å². The third kappa shape index (κ3) is 10.2. The topological polar surface area (TPSA) is 89.6 Å². The molecule has 2 amide bonds. The highest BCUT2D eigenvalue weighted by Crippen LogP contribution is 2.31. The van der Waals surface area contributed by atoms with E-state index in [0.29, 0.717) is 55.4 Å². The molecule has 228 valence electrons. The SMILES string of the molecule is CC.COCCCOc1cc(C(=O)N(C(C)C)[C@@H]2CC[C@H](CCN(C(=O)CCOC)C3CC3)NC2)ccc1OC. The molecule has 2 fully saturated rings. The summed E-state index contributed by atoms with van der Waals surface area (Å²) in [7, 11) is 4.90. The van der Waals surface area contributed by atoms with Crippen LogP contribution >= 0.6 is 0 Å². The molecule has 0 unspecified atom stereocenters. The molecule has 1 saturated heterocycles. The molecule has 3 rings (SSSR count). The Morgan fingerprint density at radius 3 is 2.23 bits per heavy atom. The molecule has 1 aliphatic heterocycles. The summed E-state index contributed by atoms with van der Waals surface area (Å²) in [5, 5.41) is 3.66. The Labute approximate surface area is 241 Å². The fourth-order valence-corrected chi connectivity index (χ4v) is 5.19. The standard InChI is InChI=1S/C29H47N3O6.C2H6/c1-21(2)32(29(34)22-7-12-26(37-5)27(19-22)38-17-6-16-35-3)25-9-8-23(30-20-25)13-15-31(24-10-11-24)28(33)14-18-36-4;1-2/h7,12,19,21,23-25,30H,6,8-11,13-18,20H2,1-5H3;1-2H3/t23-,25-;/m1./s1. The monoisotopic (exact) mass is 563 g/mol. The summed E-state index contributed by atoms with van der Waals surface area (Å²) in [6.45, 7) is 11.2. The number of nitrogens with zero attached hydrogens (tertiary/aromatic N) is 2. The van der Waals surface area contributed by atoms with Gasteiger partial charge < -0.3 is 34.1 Å². The molecule has 40 heavy (non-hydrogen) atoms. The van der Waals surface area contributed by atoms with Crippen molar-refractivity contribution in [1.82, 2.24) is 15.1 Å². The van der Waals surface area contributed by atoms with Crippen molar-refractivity contribution in [3.05, 3.63) is 23.8 Å². The van der Waals surface area contributed by atoms with Gasteiger partial charge in [-0.05, 0) is 64.2 Å². The van der Waals surface area contributed by atoms with Gasteiger partial charge in [-0.25, -0.2) is 0 Å². The van der Waals surface area contributed by atoms with Crippen LogP contribution < -0.4 is 14.8 Å². The number of nitrogens with one attached hydrogen (secondary N) is 1. The van der Waals surface area contributed by atoms with Gasteiger partial charge in [0.15, 0.2) is 11.5 Å². The van der Waals surface area contributed by atoms with E-state index in [1.165, 1.54) is 0 Å². The predicted molar refractivity (Wildman–Crippen MR) is 158 cm³/mol. The summed E-state index contributed by atoms with van der Waals surface area (Å²) in [6.07, 6.45) is 6.25. The van der Waals surface area contributed by atoms with Crippen molar-refractivity contribution < 1.29 is 28.5 Å². The van der Waals surface area contributed by atoms with Gasteiger partial charge in [-0.1, -0.05) is 13.8 Å². The van der Waals surface area contributed by atoms with Gasteiger partial charge >= 0.3 is 0 Å². The summed E-state index contributed by atoms with van der Waals surface area (Å²) in [5.41, 5.74) is 0.595. The Morgan fingerprint density at radius 2 is 1.65 bits per heavy atom. The van der Waals surface area contributed by atoms with Gasteiger partial charge in [0.2, 0.25) is 5.91 Å². The predicted octanol–water partition coefficient (Wildman–Crippen LogP) is 4.53. The number of benzene rings is 1. The van der Waals surface area contributed by atoms with Gasteiger partial charge in [-0.15, -0.1) is 0 Å². The Kier molecular flexibility index (Phi) is 15.4. The van der Waals surface area contributed by atoms with Crippen LogP contribution in [0.25, 0.3) is 0 Å². The lowest BCUT2D eigenvalue weighted by Gasteiger charge is -2.40. The van der Waals surface area contributed by atoms with Gasteiger partial charge in [0.25, 0.3) is 5.91 Å². The summed E-state index contributed by atoms with van der Waals surface area (Å²) in [5.74, 6) is 1.37. The van der Waals surface area contributed by atoms with Gasteiger partial charge in [-0.2, -0.15) is 0 Å². The molecule has 0 bridgehead atoms. The number of piperidine rings is 1. The lowest BCUT2D eigenvalue weighted by atomic mass is 9.95. The van der Waals surface area contributed by atoms with E-state index in [0.717, 1.165) is 51.6 Å². The number of ether oxygens (including phenoxy) is 4. The molecule has 1 aliphatic carbocycles. The molecule has 1 N–H and O–H groups in total. The normalized spacial score (nSPS) is 18.5. The zero-order chi connectivity index (χ0) is 29.5. The van der Waals surface area contributed by atoms with E-state index in [9.17, 15) is 9.59 Å². The summed E-state index contributed by atoms with van der Waals surface area (Å²) >= 11 is 0. The van der Waals surface area contributed by atoms with Crippen molar-refractivity contribution in [2.75, 3.05) is 54.2 Å². The highest BCUT2D eigenvalue weighted by molar-refractivity contribution is 5.95. The van der Waals surface area contributed by atoms with Gasteiger partial charge in [-0.3, -0.25) is 9.59 Å². The molecule has 1 saturated carbocycles. The van der Waals surface area contributed by atoms with E-state index >= 15 is 0 Å². The van der Waals surface area contributed by atoms with E-state index in [-0.39, 0.29) is 23.9 Å². The fourth-order valence-electron chi connectivity index (χ4n) is 5.19. The van der Waals surface area contributed by atoms with Crippen LogP contribution in [-0.2, 0) is 14.3 Å². The van der Waals surface area contributed by atoms with Crippen LogP contribution in [0.1, 0.15) is 83.0 Å². The average Bonchev–Trinajstić information content (AvgIpc) is 3.81. The first-order chi connectivity index (χ1) is 19.4. The van der Waals surface area contributed by atoms with E-state index in [4.69, 9.17) is 18.9 Å². The second kappa shape index (κ2) is 18.1. The number of methoxy groups -OCH3 is 3. The zero-order valence-electron chi connectivity index (χ0n) is 25.9. The van der Waals surface area contributed by atoms with Crippen LogP contribution in [0.4, 0.5) is 0 Å². The Morgan fingerprint density at radius 1 is 0.950 bits per heavy atom. The molecule has 2 atom stereocenters.